The predicted octanol–water partition coefficient (Wildman–Crippen LogP) is 2.04. The lowest BCUT2D eigenvalue weighted by atomic mass is 10.3. The van der Waals surface area contributed by atoms with Gasteiger partial charge in [0.15, 0.2) is 10.0 Å². The molecular weight excluding hydrogens is 292 g/mol. The van der Waals surface area contributed by atoms with Crippen LogP contribution in [0.2, 0.25) is 0 Å². The van der Waals surface area contributed by atoms with E-state index in [2.05, 4.69) is 9.32 Å². The number of nitrogens with zero attached hydrogens (tertiary/aromatic N) is 1. The zero-order valence-corrected chi connectivity index (χ0v) is 8.30. The standard InChI is InChI=1S/C3F6NO4S2/c4-1(5)2(6,7)15-14-13-10-16(11,12)3(1,8)9/q-1. The van der Waals surface area contributed by atoms with Gasteiger partial charge in [-0.05, 0) is 0 Å². The van der Waals surface area contributed by atoms with Crippen molar-refractivity contribution in [2.45, 2.75) is 16.4 Å². The number of hydrogen-bond acceptors (Lipinski definition) is 5. The van der Waals surface area contributed by atoms with Crippen LogP contribution >= 0.6 is 12.0 Å². The van der Waals surface area contributed by atoms with Crippen molar-refractivity contribution in [1.82, 2.24) is 0 Å². The van der Waals surface area contributed by atoms with Gasteiger partial charge in [0.1, 0.15) is 12.0 Å². The summed E-state index contributed by atoms with van der Waals surface area (Å²) in [6.45, 7) is 0. The molecule has 0 atom stereocenters. The fraction of sp³-hybridized carbons (Fsp3) is 1.00. The van der Waals surface area contributed by atoms with Crippen LogP contribution in [-0.2, 0) is 19.3 Å². The molecule has 0 aromatic heterocycles. The minimum absolute atomic E-state index is 1.48. The highest BCUT2D eigenvalue weighted by Crippen LogP contribution is 2.55. The summed E-state index contributed by atoms with van der Waals surface area (Å²) < 4.78 is 99.5. The summed E-state index contributed by atoms with van der Waals surface area (Å²) in [5.41, 5.74) is 0. The van der Waals surface area contributed by atoms with Gasteiger partial charge < -0.3 is 9.87 Å². The minimum Gasteiger partial charge on any atom is -0.381 e. The fourth-order valence-electron chi connectivity index (χ4n) is 0.541. The third-order valence-corrected chi connectivity index (χ3v) is 3.11. The number of halogens is 6. The largest absolute Gasteiger partial charge is 0.400 e. The van der Waals surface area contributed by atoms with Gasteiger partial charge in [-0.15, -0.1) is 0 Å². The van der Waals surface area contributed by atoms with Crippen molar-refractivity contribution in [3.05, 3.63) is 4.89 Å². The summed E-state index contributed by atoms with van der Waals surface area (Å²) >= 11 is -1.48. The van der Waals surface area contributed by atoms with Gasteiger partial charge in [-0.3, -0.25) is 0 Å². The Labute approximate surface area is 88.2 Å². The predicted molar refractivity (Wildman–Crippen MR) is 36.9 cm³/mol. The van der Waals surface area contributed by atoms with Crippen LogP contribution in [0.15, 0.2) is 0 Å². The average molecular weight is 292 g/mol. The van der Waals surface area contributed by atoms with Crippen LogP contribution in [0.3, 0.4) is 0 Å². The van der Waals surface area contributed by atoms with Crippen molar-refractivity contribution in [1.29, 1.82) is 0 Å². The Balaban J connectivity index is 3.34. The van der Waals surface area contributed by atoms with Crippen LogP contribution in [0.5, 0.6) is 0 Å². The maximum Gasteiger partial charge on any atom is 0.400 e. The molecule has 1 aliphatic heterocycles. The second-order valence-electron chi connectivity index (χ2n) is 2.38. The minimum atomic E-state index is -6.30. The molecule has 1 rings (SSSR count). The molecule has 1 aliphatic rings. The fourth-order valence-corrected chi connectivity index (χ4v) is 1.68. The van der Waals surface area contributed by atoms with Crippen molar-refractivity contribution in [2.75, 3.05) is 0 Å². The molecule has 16 heavy (non-hydrogen) atoms. The van der Waals surface area contributed by atoms with Crippen LogP contribution in [-0.4, -0.2) is 24.8 Å². The summed E-state index contributed by atoms with van der Waals surface area (Å²) in [6.07, 6.45) is 0. The van der Waals surface area contributed by atoms with Gasteiger partial charge in [-0.1, -0.05) is 0 Å². The maximum atomic E-state index is 12.6. The summed E-state index contributed by atoms with van der Waals surface area (Å²) in [6, 6.07) is 0. The highest BCUT2D eigenvalue weighted by atomic mass is 32.2. The molecule has 0 saturated carbocycles. The van der Waals surface area contributed by atoms with Crippen molar-refractivity contribution in [3.63, 3.8) is 0 Å². The lowest BCUT2D eigenvalue weighted by molar-refractivity contribution is -0.253. The molecule has 0 aliphatic carbocycles. The third kappa shape index (κ3) is 1.75. The monoisotopic (exact) mass is 292 g/mol. The topological polar surface area (TPSA) is 66.7 Å². The van der Waals surface area contributed by atoms with E-state index in [0.717, 1.165) is 0 Å². The van der Waals surface area contributed by atoms with Crippen molar-refractivity contribution in [3.8, 4) is 0 Å². The second-order valence-corrected chi connectivity index (χ2v) is 4.81. The van der Waals surface area contributed by atoms with Gasteiger partial charge in [0.25, 0.3) is 0 Å². The molecule has 13 heteroatoms. The Kier molecular flexibility index (Phi) is 3.13. The molecule has 0 spiro atoms. The van der Waals surface area contributed by atoms with Crippen LogP contribution in [0, 0.1) is 0 Å². The van der Waals surface area contributed by atoms with E-state index in [4.69, 9.17) is 0 Å². The summed E-state index contributed by atoms with van der Waals surface area (Å²) in [5.74, 6) is -6.21. The number of sulfonamides is 1. The maximum absolute atomic E-state index is 12.6. The first-order valence-corrected chi connectivity index (χ1v) is 5.26. The van der Waals surface area contributed by atoms with Gasteiger partial charge in [0.2, 0.25) is 0 Å². The first-order chi connectivity index (χ1) is 6.96. The average Bonchev–Trinajstić information content (AvgIpc) is 2.10. The van der Waals surface area contributed by atoms with Crippen LogP contribution in [0.1, 0.15) is 0 Å². The molecular formula is C3F6NO4S2-. The van der Waals surface area contributed by atoms with E-state index in [1.807, 2.05) is 0 Å². The Bertz CT molecular complexity index is 381. The molecule has 0 bridgehead atoms. The van der Waals surface area contributed by atoms with E-state index in [1.54, 1.807) is 4.89 Å². The number of alkyl halides is 6. The second kappa shape index (κ2) is 3.63. The molecule has 0 radical (unpaired) electrons. The quantitative estimate of drug-likeness (QED) is 0.388. The Morgan fingerprint density at radius 2 is 1.56 bits per heavy atom. The summed E-state index contributed by atoms with van der Waals surface area (Å²) in [5, 5.41) is -11.6. The Morgan fingerprint density at radius 3 is 2.06 bits per heavy atom. The number of rotatable bonds is 0. The van der Waals surface area contributed by atoms with Crippen LogP contribution in [0.25, 0.3) is 4.89 Å². The van der Waals surface area contributed by atoms with E-state index in [1.165, 1.54) is 0 Å². The molecule has 96 valence electrons. The van der Waals surface area contributed by atoms with Gasteiger partial charge in [-0.25, -0.2) is 8.42 Å². The first-order valence-electron chi connectivity index (χ1n) is 3.07. The first kappa shape index (κ1) is 13.8. The van der Waals surface area contributed by atoms with E-state index in [9.17, 15) is 34.8 Å². The smallest absolute Gasteiger partial charge is 0.381 e. The van der Waals surface area contributed by atoms with E-state index >= 15 is 0 Å². The molecule has 0 N–H and O–H groups in total. The van der Waals surface area contributed by atoms with Gasteiger partial charge in [-0.2, -0.15) is 30.7 Å². The third-order valence-electron chi connectivity index (χ3n) is 1.35. The lowest BCUT2D eigenvalue weighted by Gasteiger charge is -2.36. The summed E-state index contributed by atoms with van der Waals surface area (Å²) in [4.78, 5) is 4.66. The number of hydrogen-bond donors (Lipinski definition) is 0. The van der Waals surface area contributed by atoms with Crippen LogP contribution in [0.4, 0.5) is 26.3 Å². The molecule has 1 fully saturated rings. The van der Waals surface area contributed by atoms with E-state index < -0.39 is 38.5 Å². The van der Waals surface area contributed by atoms with Crippen molar-refractivity contribution < 1.29 is 44.1 Å². The van der Waals surface area contributed by atoms with Crippen molar-refractivity contribution in [2.24, 2.45) is 0 Å². The Hall–Kier alpha value is -0.240. The molecule has 1 saturated heterocycles. The van der Waals surface area contributed by atoms with Crippen molar-refractivity contribution >= 4 is 22.1 Å². The molecule has 5 nitrogen and oxygen atoms in total. The van der Waals surface area contributed by atoms with E-state index in [-0.39, 0.29) is 0 Å². The molecule has 1 heterocycles. The zero-order valence-electron chi connectivity index (χ0n) is 6.66. The van der Waals surface area contributed by atoms with Gasteiger partial charge in [0, 0.05) is 0 Å². The van der Waals surface area contributed by atoms with Gasteiger partial charge >= 0.3 is 16.4 Å². The normalized spacial score (nSPS) is 31.4. The van der Waals surface area contributed by atoms with Crippen LogP contribution < -0.4 is 0 Å². The molecule has 0 aromatic rings. The lowest BCUT2D eigenvalue weighted by Crippen LogP contribution is -2.56. The van der Waals surface area contributed by atoms with E-state index in [0.29, 0.717) is 0 Å². The molecule has 0 aromatic carbocycles. The molecule has 0 amide bonds. The molecule has 0 unspecified atom stereocenters. The van der Waals surface area contributed by atoms with Gasteiger partial charge in [0.05, 0.1) is 0 Å². The Morgan fingerprint density at radius 1 is 1.06 bits per heavy atom. The highest BCUT2D eigenvalue weighted by molar-refractivity contribution is 7.96. The zero-order chi connectivity index (χ0) is 12.8. The highest BCUT2D eigenvalue weighted by Gasteiger charge is 2.77. The SMILES string of the molecule is O=S1(=O)[N-]OOSC(F)(F)C(F)(F)C1(F)F. The summed E-state index contributed by atoms with van der Waals surface area (Å²) in [7, 11) is -6.30.